The van der Waals surface area contributed by atoms with Crippen LogP contribution in [0.1, 0.15) is 33.1 Å². The second-order valence-corrected chi connectivity index (χ2v) is 5.18. The van der Waals surface area contributed by atoms with Gasteiger partial charge in [-0.25, -0.2) is 0 Å². The van der Waals surface area contributed by atoms with E-state index in [0.29, 0.717) is 18.2 Å². The molecule has 94 valence electrons. The number of aliphatic hydroxyl groups excluding tert-OH is 1. The van der Waals surface area contributed by atoms with Crippen molar-refractivity contribution in [3.63, 3.8) is 0 Å². The summed E-state index contributed by atoms with van der Waals surface area (Å²) in [6.07, 6.45) is 2.84. The molecule has 1 atom stereocenters. The number of nitrogens with two attached hydrogens (primary N) is 1. The molecular formula is C11H23N3O2. The van der Waals surface area contributed by atoms with E-state index in [1.807, 2.05) is 0 Å². The molecule has 0 radical (unpaired) electrons. The van der Waals surface area contributed by atoms with Gasteiger partial charge in [0.2, 0.25) is 0 Å². The maximum absolute atomic E-state index is 9.19. The van der Waals surface area contributed by atoms with Crippen LogP contribution < -0.4 is 11.1 Å². The van der Waals surface area contributed by atoms with Crippen LogP contribution in [0.15, 0.2) is 5.16 Å². The van der Waals surface area contributed by atoms with Crippen LogP contribution in [0.4, 0.5) is 0 Å². The SMILES string of the molecule is CC(C)C(CO)NCC1(CC(N)=NO)CC1. The molecule has 0 saturated heterocycles. The van der Waals surface area contributed by atoms with E-state index in [1.165, 1.54) is 0 Å². The highest BCUT2D eigenvalue weighted by atomic mass is 16.4. The summed E-state index contributed by atoms with van der Waals surface area (Å²) in [6.45, 7) is 5.14. The van der Waals surface area contributed by atoms with E-state index < -0.39 is 0 Å². The molecule has 0 aromatic rings. The van der Waals surface area contributed by atoms with Crippen LogP contribution in [0, 0.1) is 11.3 Å². The van der Waals surface area contributed by atoms with Gasteiger partial charge in [0.1, 0.15) is 5.84 Å². The second kappa shape index (κ2) is 5.50. The normalized spacial score (nSPS) is 21.1. The molecule has 0 aromatic heterocycles. The average Bonchev–Trinajstić information content (AvgIpc) is 2.98. The molecule has 5 nitrogen and oxygen atoms in total. The Kier molecular flexibility index (Phi) is 4.56. The molecule has 0 aliphatic heterocycles. The zero-order valence-corrected chi connectivity index (χ0v) is 10.1. The summed E-state index contributed by atoms with van der Waals surface area (Å²) >= 11 is 0. The molecular weight excluding hydrogens is 206 g/mol. The van der Waals surface area contributed by atoms with Crippen molar-refractivity contribution in [1.82, 2.24) is 5.32 Å². The number of aliphatic hydroxyl groups is 1. The van der Waals surface area contributed by atoms with E-state index >= 15 is 0 Å². The van der Waals surface area contributed by atoms with Crippen molar-refractivity contribution in [1.29, 1.82) is 0 Å². The Balaban J connectivity index is 2.36. The fourth-order valence-corrected chi connectivity index (χ4v) is 1.87. The van der Waals surface area contributed by atoms with Crippen molar-refractivity contribution in [3.8, 4) is 0 Å². The van der Waals surface area contributed by atoms with Gasteiger partial charge in [-0.05, 0) is 24.2 Å². The van der Waals surface area contributed by atoms with E-state index in [2.05, 4.69) is 24.3 Å². The molecule has 0 bridgehead atoms. The number of nitrogens with one attached hydrogen (secondary N) is 1. The van der Waals surface area contributed by atoms with Gasteiger partial charge in [-0.3, -0.25) is 0 Å². The third-order valence-electron chi connectivity index (χ3n) is 3.38. The van der Waals surface area contributed by atoms with Gasteiger partial charge in [-0.1, -0.05) is 19.0 Å². The van der Waals surface area contributed by atoms with Gasteiger partial charge in [-0.15, -0.1) is 0 Å². The zero-order chi connectivity index (χ0) is 12.2. The Morgan fingerprint density at radius 1 is 1.50 bits per heavy atom. The summed E-state index contributed by atoms with van der Waals surface area (Å²) in [4.78, 5) is 0. The first-order valence-corrected chi connectivity index (χ1v) is 5.83. The third-order valence-corrected chi connectivity index (χ3v) is 3.38. The largest absolute Gasteiger partial charge is 0.409 e. The number of nitrogens with zero attached hydrogens (tertiary/aromatic N) is 1. The second-order valence-electron chi connectivity index (χ2n) is 5.18. The molecule has 1 rings (SSSR count). The Bertz CT molecular complexity index is 250. The number of oxime groups is 1. The van der Waals surface area contributed by atoms with Gasteiger partial charge in [0.15, 0.2) is 0 Å². The number of hydrogen-bond acceptors (Lipinski definition) is 4. The van der Waals surface area contributed by atoms with E-state index in [0.717, 1.165) is 19.4 Å². The summed E-state index contributed by atoms with van der Waals surface area (Å²) in [7, 11) is 0. The quantitative estimate of drug-likeness (QED) is 0.221. The van der Waals surface area contributed by atoms with Crippen molar-refractivity contribution in [2.45, 2.75) is 39.2 Å². The summed E-state index contributed by atoms with van der Waals surface area (Å²) in [5.74, 6) is 0.703. The molecule has 1 aliphatic rings. The number of hydrogen-bond donors (Lipinski definition) is 4. The topological polar surface area (TPSA) is 90.9 Å². The molecule has 1 fully saturated rings. The summed E-state index contributed by atoms with van der Waals surface area (Å²) in [5.41, 5.74) is 5.67. The van der Waals surface area contributed by atoms with Gasteiger partial charge in [0, 0.05) is 19.0 Å². The van der Waals surface area contributed by atoms with E-state index in [4.69, 9.17) is 10.9 Å². The minimum Gasteiger partial charge on any atom is -0.409 e. The van der Waals surface area contributed by atoms with Gasteiger partial charge in [-0.2, -0.15) is 0 Å². The van der Waals surface area contributed by atoms with Crippen molar-refractivity contribution in [2.24, 2.45) is 22.2 Å². The Morgan fingerprint density at radius 2 is 2.12 bits per heavy atom. The lowest BCUT2D eigenvalue weighted by Crippen LogP contribution is -2.41. The van der Waals surface area contributed by atoms with Gasteiger partial charge in [0.25, 0.3) is 0 Å². The van der Waals surface area contributed by atoms with Crippen LogP contribution in [0.25, 0.3) is 0 Å². The predicted molar refractivity (Wildman–Crippen MR) is 63.4 cm³/mol. The Hall–Kier alpha value is -0.810. The summed E-state index contributed by atoms with van der Waals surface area (Å²) in [6, 6.07) is 0.129. The van der Waals surface area contributed by atoms with E-state index in [-0.39, 0.29) is 18.1 Å². The minimum absolute atomic E-state index is 0.129. The van der Waals surface area contributed by atoms with Gasteiger partial charge >= 0.3 is 0 Å². The number of rotatable bonds is 7. The van der Waals surface area contributed by atoms with Crippen LogP contribution in [-0.4, -0.2) is 35.3 Å². The first-order valence-electron chi connectivity index (χ1n) is 5.83. The van der Waals surface area contributed by atoms with Crippen LogP contribution >= 0.6 is 0 Å². The molecule has 5 heteroatoms. The molecule has 0 heterocycles. The lowest BCUT2D eigenvalue weighted by molar-refractivity contribution is 0.203. The summed E-state index contributed by atoms with van der Waals surface area (Å²) in [5, 5.41) is 24.1. The third kappa shape index (κ3) is 3.64. The molecule has 0 aromatic carbocycles. The van der Waals surface area contributed by atoms with E-state index in [9.17, 15) is 5.11 Å². The lowest BCUT2D eigenvalue weighted by atomic mass is 9.99. The van der Waals surface area contributed by atoms with Gasteiger partial charge < -0.3 is 21.4 Å². The van der Waals surface area contributed by atoms with Crippen LogP contribution in [0.2, 0.25) is 0 Å². The highest BCUT2D eigenvalue weighted by Crippen LogP contribution is 2.48. The Morgan fingerprint density at radius 3 is 2.50 bits per heavy atom. The Labute approximate surface area is 96.7 Å². The minimum atomic E-state index is 0.129. The van der Waals surface area contributed by atoms with Crippen molar-refractivity contribution in [3.05, 3.63) is 0 Å². The lowest BCUT2D eigenvalue weighted by Gasteiger charge is -2.23. The summed E-state index contributed by atoms with van der Waals surface area (Å²) < 4.78 is 0. The molecule has 0 amide bonds. The predicted octanol–water partition coefficient (Wildman–Crippen LogP) is 0.510. The molecule has 5 N–H and O–H groups in total. The maximum atomic E-state index is 9.19. The van der Waals surface area contributed by atoms with Crippen molar-refractivity contribution < 1.29 is 10.3 Å². The van der Waals surface area contributed by atoms with Crippen LogP contribution in [0.5, 0.6) is 0 Å². The van der Waals surface area contributed by atoms with Gasteiger partial charge in [0.05, 0.1) is 6.61 Å². The standard InChI is InChI=1S/C11H23N3O2/c1-8(2)9(6-15)13-7-11(3-4-11)5-10(12)14-16/h8-9,13,15-16H,3-7H2,1-2H3,(H2,12,14). The van der Waals surface area contributed by atoms with Crippen molar-refractivity contribution >= 4 is 5.84 Å². The highest BCUT2D eigenvalue weighted by Gasteiger charge is 2.43. The fraction of sp³-hybridized carbons (Fsp3) is 0.909. The number of amidine groups is 1. The average molecular weight is 229 g/mol. The van der Waals surface area contributed by atoms with Crippen LogP contribution in [-0.2, 0) is 0 Å². The van der Waals surface area contributed by atoms with Crippen LogP contribution in [0.3, 0.4) is 0 Å². The fourth-order valence-electron chi connectivity index (χ4n) is 1.87. The first kappa shape index (κ1) is 13.3. The first-order chi connectivity index (χ1) is 7.53. The smallest absolute Gasteiger partial charge is 0.139 e. The molecule has 0 spiro atoms. The maximum Gasteiger partial charge on any atom is 0.139 e. The molecule has 1 unspecified atom stereocenters. The molecule has 16 heavy (non-hydrogen) atoms. The zero-order valence-electron chi connectivity index (χ0n) is 10.1. The van der Waals surface area contributed by atoms with E-state index in [1.54, 1.807) is 0 Å². The monoisotopic (exact) mass is 229 g/mol. The highest BCUT2D eigenvalue weighted by molar-refractivity contribution is 5.80. The van der Waals surface area contributed by atoms with Crippen molar-refractivity contribution in [2.75, 3.05) is 13.2 Å². The molecule has 1 aliphatic carbocycles. The molecule has 1 saturated carbocycles.